The number of hydrogen-bond acceptors (Lipinski definition) is 2. The highest BCUT2D eigenvalue weighted by Gasteiger charge is 2.12. The van der Waals surface area contributed by atoms with Crippen molar-refractivity contribution in [1.82, 2.24) is 0 Å². The summed E-state index contributed by atoms with van der Waals surface area (Å²) in [5.41, 5.74) is 0. The van der Waals surface area contributed by atoms with Crippen LogP contribution in [0.25, 0.3) is 0 Å². The largest absolute Gasteiger partial charge is 0.451 e. The van der Waals surface area contributed by atoms with Gasteiger partial charge in [-0.2, -0.15) is 0 Å². The van der Waals surface area contributed by atoms with Crippen molar-refractivity contribution in [1.29, 1.82) is 0 Å². The summed E-state index contributed by atoms with van der Waals surface area (Å²) < 4.78 is 5.03. The fourth-order valence-corrected chi connectivity index (χ4v) is 0.629. The maximum Gasteiger partial charge on any atom is 0.306 e. The highest BCUT2D eigenvalue weighted by Crippen LogP contribution is 2.14. The number of carbonyl (C=O) groups is 1. The molecule has 0 aromatic heterocycles. The van der Waals surface area contributed by atoms with Gasteiger partial charge in [0.25, 0.3) is 0 Å². The Labute approximate surface area is 75.5 Å². The first-order chi connectivity index (χ1) is 4.57. The molecule has 1 unspecified atom stereocenters. The van der Waals surface area contributed by atoms with Gasteiger partial charge in [0, 0.05) is 6.42 Å². The van der Waals surface area contributed by atoms with Crippen molar-refractivity contribution in [3.63, 3.8) is 0 Å². The van der Waals surface area contributed by atoms with Crippen LogP contribution in [0.4, 0.5) is 0 Å². The van der Waals surface area contributed by atoms with E-state index in [0.717, 1.165) is 0 Å². The molecule has 0 aliphatic rings. The maximum absolute atomic E-state index is 10.7. The number of esters is 1. The molecule has 0 aromatic rings. The van der Waals surface area contributed by atoms with Crippen molar-refractivity contribution >= 4 is 28.6 Å². The van der Waals surface area contributed by atoms with Crippen molar-refractivity contribution in [3.05, 3.63) is 0 Å². The minimum atomic E-state index is -0.117. The Morgan fingerprint density at radius 3 is 2.40 bits per heavy atom. The van der Waals surface area contributed by atoms with Gasteiger partial charge in [0.05, 0.1) is 0 Å². The van der Waals surface area contributed by atoms with Crippen LogP contribution >= 0.6 is 22.6 Å². The zero-order valence-corrected chi connectivity index (χ0v) is 8.71. The zero-order valence-electron chi connectivity index (χ0n) is 6.56. The lowest BCUT2D eigenvalue weighted by atomic mass is 10.2. The lowest BCUT2D eigenvalue weighted by Gasteiger charge is -2.13. The van der Waals surface area contributed by atoms with Gasteiger partial charge in [-0.25, -0.2) is 0 Å². The number of hydrogen-bond donors (Lipinski definition) is 0. The molecule has 0 N–H and O–H groups in total. The first-order valence-corrected chi connectivity index (χ1v) is 4.66. The van der Waals surface area contributed by atoms with Crippen LogP contribution in [0.2, 0.25) is 0 Å². The van der Waals surface area contributed by atoms with Crippen molar-refractivity contribution in [2.75, 3.05) is 0 Å². The molecule has 0 heterocycles. The number of rotatable bonds is 3. The molecule has 0 bridgehead atoms. The SMILES string of the molecule is CCC(=O)OC(I)C(C)C. The van der Waals surface area contributed by atoms with E-state index < -0.39 is 0 Å². The minimum Gasteiger partial charge on any atom is -0.451 e. The van der Waals surface area contributed by atoms with E-state index in [4.69, 9.17) is 4.74 Å². The molecule has 0 rings (SSSR count). The predicted octanol–water partition coefficient (Wildman–Crippen LogP) is 2.36. The second-order valence-corrected chi connectivity index (χ2v) is 3.67. The Kier molecular flexibility index (Phi) is 5.03. The summed E-state index contributed by atoms with van der Waals surface area (Å²) >= 11 is 2.13. The van der Waals surface area contributed by atoms with Crippen LogP contribution in [0.1, 0.15) is 27.2 Å². The fourth-order valence-electron chi connectivity index (χ4n) is 0.345. The van der Waals surface area contributed by atoms with E-state index in [-0.39, 0.29) is 10.1 Å². The standard InChI is InChI=1S/C7H13IO2/c1-4-6(9)10-7(8)5(2)3/h5,7H,4H2,1-3H3. The third kappa shape index (κ3) is 4.09. The van der Waals surface area contributed by atoms with Gasteiger partial charge in [-0.3, -0.25) is 4.79 Å². The van der Waals surface area contributed by atoms with Crippen molar-refractivity contribution in [3.8, 4) is 0 Å². The molecule has 0 aliphatic heterocycles. The van der Waals surface area contributed by atoms with E-state index in [1.807, 2.05) is 13.8 Å². The molecule has 0 saturated heterocycles. The van der Waals surface area contributed by atoms with Crippen LogP contribution in [0, 0.1) is 5.92 Å². The van der Waals surface area contributed by atoms with Crippen LogP contribution < -0.4 is 0 Å². The molecule has 0 fully saturated rings. The molecule has 60 valence electrons. The Morgan fingerprint density at radius 2 is 2.10 bits per heavy atom. The van der Waals surface area contributed by atoms with Crippen molar-refractivity contribution < 1.29 is 9.53 Å². The molecular formula is C7H13IO2. The lowest BCUT2D eigenvalue weighted by molar-refractivity contribution is -0.145. The predicted molar refractivity (Wildman–Crippen MR) is 49.0 cm³/mol. The van der Waals surface area contributed by atoms with Gasteiger partial charge in [0.1, 0.15) is 0 Å². The van der Waals surface area contributed by atoms with Crippen LogP contribution in [-0.4, -0.2) is 10.1 Å². The number of halogens is 1. The van der Waals surface area contributed by atoms with Crippen molar-refractivity contribution in [2.45, 2.75) is 31.3 Å². The summed E-state index contributed by atoms with van der Waals surface area (Å²) in [5.74, 6) is 0.282. The molecule has 3 heteroatoms. The van der Waals surface area contributed by atoms with Gasteiger partial charge in [-0.05, 0) is 28.5 Å². The van der Waals surface area contributed by atoms with E-state index in [2.05, 4.69) is 22.6 Å². The van der Waals surface area contributed by atoms with Crippen LogP contribution in [0.15, 0.2) is 0 Å². The Morgan fingerprint density at radius 1 is 1.60 bits per heavy atom. The van der Waals surface area contributed by atoms with Crippen molar-refractivity contribution in [2.24, 2.45) is 5.92 Å². The van der Waals surface area contributed by atoms with Crippen LogP contribution in [-0.2, 0) is 9.53 Å². The lowest BCUT2D eigenvalue weighted by Crippen LogP contribution is -2.16. The fraction of sp³-hybridized carbons (Fsp3) is 0.857. The Hall–Kier alpha value is 0.200. The highest BCUT2D eigenvalue weighted by atomic mass is 127. The van der Waals surface area contributed by atoms with Gasteiger partial charge in [-0.15, -0.1) is 0 Å². The van der Waals surface area contributed by atoms with Crippen LogP contribution in [0.5, 0.6) is 0 Å². The van der Waals surface area contributed by atoms with Gasteiger partial charge >= 0.3 is 5.97 Å². The summed E-state index contributed by atoms with van der Waals surface area (Å²) in [6, 6.07) is 0. The third-order valence-electron chi connectivity index (χ3n) is 1.06. The molecule has 1 atom stereocenters. The summed E-state index contributed by atoms with van der Waals surface area (Å²) in [4.78, 5) is 10.7. The average molecular weight is 256 g/mol. The summed E-state index contributed by atoms with van der Waals surface area (Å²) in [6.45, 7) is 5.85. The average Bonchev–Trinajstić information content (AvgIpc) is 1.87. The molecule has 0 radical (unpaired) electrons. The molecule has 0 spiro atoms. The summed E-state index contributed by atoms with van der Waals surface area (Å²) in [6.07, 6.45) is 0.465. The molecule has 10 heavy (non-hydrogen) atoms. The highest BCUT2D eigenvalue weighted by molar-refractivity contribution is 14.1. The maximum atomic E-state index is 10.7. The molecule has 0 amide bonds. The molecule has 0 aliphatic carbocycles. The Bertz CT molecular complexity index is 112. The van der Waals surface area contributed by atoms with Gasteiger partial charge in [-0.1, -0.05) is 20.8 Å². The third-order valence-corrected chi connectivity index (χ3v) is 2.75. The monoisotopic (exact) mass is 256 g/mol. The summed E-state index contributed by atoms with van der Waals surface area (Å²) in [7, 11) is 0. The van der Waals surface area contributed by atoms with Gasteiger partial charge in [0.15, 0.2) is 4.11 Å². The van der Waals surface area contributed by atoms with Gasteiger partial charge in [0.2, 0.25) is 0 Å². The van der Waals surface area contributed by atoms with E-state index in [0.29, 0.717) is 12.3 Å². The first kappa shape index (κ1) is 10.2. The quantitative estimate of drug-likeness (QED) is 0.440. The van der Waals surface area contributed by atoms with E-state index >= 15 is 0 Å². The van der Waals surface area contributed by atoms with E-state index in [1.54, 1.807) is 6.92 Å². The first-order valence-electron chi connectivity index (χ1n) is 3.41. The van der Waals surface area contributed by atoms with Crippen LogP contribution in [0.3, 0.4) is 0 Å². The Balaban J connectivity index is 3.57. The molecule has 2 nitrogen and oxygen atoms in total. The topological polar surface area (TPSA) is 26.3 Å². The molecular weight excluding hydrogens is 243 g/mol. The van der Waals surface area contributed by atoms with E-state index in [9.17, 15) is 4.79 Å². The molecule has 0 aromatic carbocycles. The second-order valence-electron chi connectivity index (χ2n) is 2.44. The number of carbonyl (C=O) groups excluding carboxylic acids is 1. The van der Waals surface area contributed by atoms with E-state index in [1.165, 1.54) is 0 Å². The summed E-state index contributed by atoms with van der Waals surface area (Å²) in [5, 5.41) is 0. The number of alkyl halides is 1. The number of ether oxygens (including phenoxy) is 1. The molecule has 0 saturated carbocycles. The zero-order chi connectivity index (χ0) is 8.15. The normalized spacial score (nSPS) is 13.3. The second kappa shape index (κ2) is 4.93. The smallest absolute Gasteiger partial charge is 0.306 e. The minimum absolute atomic E-state index is 0.0186. The van der Waals surface area contributed by atoms with Gasteiger partial charge < -0.3 is 4.74 Å².